The highest BCUT2D eigenvalue weighted by atomic mass is 16.5. The van der Waals surface area contributed by atoms with Crippen LogP contribution in [-0.4, -0.2) is 38.0 Å². The van der Waals surface area contributed by atoms with Crippen LogP contribution in [0.15, 0.2) is 47.4 Å². The number of rotatable bonds is 7. The lowest BCUT2D eigenvalue weighted by atomic mass is 9.99. The van der Waals surface area contributed by atoms with Crippen molar-refractivity contribution in [3.63, 3.8) is 0 Å². The van der Waals surface area contributed by atoms with Gasteiger partial charge in [-0.1, -0.05) is 0 Å². The highest BCUT2D eigenvalue weighted by Gasteiger charge is 2.47. The smallest absolute Gasteiger partial charge is 0.279 e. The summed E-state index contributed by atoms with van der Waals surface area (Å²) in [5.41, 5.74) is 2.03. The maximum absolute atomic E-state index is 13.1. The number of piperazine rings is 1. The fourth-order valence-electron chi connectivity index (χ4n) is 4.57. The van der Waals surface area contributed by atoms with Gasteiger partial charge in [0, 0.05) is 37.0 Å². The lowest BCUT2D eigenvalue weighted by Gasteiger charge is -2.32. The monoisotopic (exact) mass is 593 g/mol. The molecule has 12 nitrogen and oxygen atoms in total. The third-order valence-electron chi connectivity index (χ3n) is 6.72. The van der Waals surface area contributed by atoms with Crippen LogP contribution < -0.4 is 25.2 Å². The zero-order chi connectivity index (χ0) is 32.0. The Morgan fingerprint density at radius 1 is 0.800 bits per heavy atom. The largest absolute Gasteiger partial charge is 0.490 e. The molecule has 4 amide bonds. The van der Waals surface area contributed by atoms with E-state index in [2.05, 4.69) is 79.1 Å². The Bertz CT molecular complexity index is 1770. The van der Waals surface area contributed by atoms with Crippen molar-refractivity contribution in [1.82, 2.24) is 19.7 Å². The maximum Gasteiger partial charge on any atom is 0.279 e. The summed E-state index contributed by atoms with van der Waals surface area (Å²) in [6, 6.07) is 8.48. The fraction of sp³-hybridized carbons (Fsp3) is 0. The highest BCUT2D eigenvalue weighted by molar-refractivity contribution is 6.26. The number of piperidine rings is 1. The molecular weight excluding hydrogens is 578 g/mol. The van der Waals surface area contributed by atoms with Crippen molar-refractivity contribution in [1.29, 1.82) is 0 Å². The first-order valence-corrected chi connectivity index (χ1v) is 12.6. The van der Waals surface area contributed by atoms with Gasteiger partial charge in [-0.2, -0.15) is 5.32 Å². The minimum absolute atomic E-state index is 0.00470. The molecule has 0 spiro atoms. The molecule has 4 heterocycles. The van der Waals surface area contributed by atoms with Crippen molar-refractivity contribution in [3.05, 3.63) is 155 Å². The normalized spacial score (nSPS) is 17.5. The van der Waals surface area contributed by atoms with Gasteiger partial charge in [0.25, 0.3) is 29.2 Å². The molecule has 0 aliphatic carbocycles. The van der Waals surface area contributed by atoms with Crippen molar-refractivity contribution < 1.29 is 28.7 Å². The molecule has 3 aliphatic heterocycles. The molecule has 3 aliphatic rings. The molecule has 0 unspecified atom stereocenters. The van der Waals surface area contributed by atoms with Crippen LogP contribution in [0.25, 0.3) is 11.1 Å². The summed E-state index contributed by atoms with van der Waals surface area (Å²) >= 11 is 0. The predicted octanol–water partition coefficient (Wildman–Crippen LogP) is 2.00. The number of hydrogen-bond acceptors (Lipinski definition) is 9. The van der Waals surface area contributed by atoms with E-state index in [0.29, 0.717) is 32.8 Å². The van der Waals surface area contributed by atoms with Crippen molar-refractivity contribution in [2.24, 2.45) is 0 Å². The molecule has 0 N–H and O–H groups in total. The second-order valence-electron chi connectivity index (χ2n) is 9.38. The first kappa shape index (κ1) is 30.1. The first-order chi connectivity index (χ1) is 21.6. The first-order valence-electron chi connectivity index (χ1n) is 12.6. The van der Waals surface area contributed by atoms with Crippen LogP contribution in [-0.2, 0) is 9.59 Å². The van der Waals surface area contributed by atoms with Gasteiger partial charge in [0.05, 0.1) is 36.2 Å². The Hall–Kier alpha value is -4.97. The number of carbonyl (C=O) groups excluding carboxylic acids is 4. The molecule has 6 rings (SSSR count). The summed E-state index contributed by atoms with van der Waals surface area (Å²) in [5.74, 6) is -3.12. The van der Waals surface area contributed by atoms with Gasteiger partial charge < -0.3 is 18.9 Å². The average Bonchev–Trinajstić information content (AvgIpc) is 3.28. The van der Waals surface area contributed by atoms with E-state index in [-0.39, 0.29) is 28.2 Å². The Morgan fingerprint density at radius 2 is 1.47 bits per heavy atom. The van der Waals surface area contributed by atoms with Gasteiger partial charge in [0.2, 0.25) is 0 Å². The van der Waals surface area contributed by atoms with E-state index < -0.39 is 29.7 Å². The number of amides is 4. The standard InChI is InChI=1S/C33H15N5O7/c1-19-13-30(40)35(2)17-24(19)20-14-27(44-3)25(28(15-20)45-4)18-36-9-11-37(12-10-36)21-5-6-22-23(16-21)33(43)38(32(22)42)26-7-8-29(39)34-31(26)41/h5-6,13-17H,1-4H2. The highest BCUT2D eigenvalue weighted by Crippen LogP contribution is 2.40. The van der Waals surface area contributed by atoms with E-state index in [9.17, 15) is 24.0 Å². The quantitative estimate of drug-likeness (QED) is 0.378. The molecule has 3 aromatic rings. The number of pyridine rings is 1. The molecule has 2 saturated heterocycles. The van der Waals surface area contributed by atoms with Crippen LogP contribution >= 0.6 is 0 Å². The van der Waals surface area contributed by atoms with Gasteiger partial charge >= 0.3 is 0 Å². The van der Waals surface area contributed by atoms with E-state index in [1.165, 1.54) is 44.8 Å². The number of anilines is 1. The zero-order valence-electron chi connectivity index (χ0n) is 23.0. The van der Waals surface area contributed by atoms with E-state index in [1.807, 2.05) is 0 Å². The van der Waals surface area contributed by atoms with Crippen LogP contribution in [0.1, 0.15) is 31.8 Å². The number of imide groups is 2. The van der Waals surface area contributed by atoms with Gasteiger partial charge in [0.1, 0.15) is 45.4 Å². The lowest BCUT2D eigenvalue weighted by molar-refractivity contribution is -0.130. The number of nitrogens with zero attached hydrogens (tertiary/aromatic N) is 5. The Labute approximate surface area is 260 Å². The van der Waals surface area contributed by atoms with E-state index in [4.69, 9.17) is 9.47 Å². The van der Waals surface area contributed by atoms with Crippen molar-refractivity contribution in [2.45, 2.75) is 0 Å². The van der Waals surface area contributed by atoms with Crippen LogP contribution in [0.2, 0.25) is 0 Å². The van der Waals surface area contributed by atoms with Crippen LogP contribution in [0.5, 0.6) is 11.5 Å². The van der Waals surface area contributed by atoms with Crippen molar-refractivity contribution >= 4 is 29.3 Å². The van der Waals surface area contributed by atoms with Gasteiger partial charge in [-0.25, -0.2) is 0 Å². The zero-order valence-corrected chi connectivity index (χ0v) is 23.0. The van der Waals surface area contributed by atoms with Gasteiger partial charge in [-0.3, -0.25) is 33.8 Å². The van der Waals surface area contributed by atoms with Crippen molar-refractivity contribution in [2.75, 3.05) is 4.90 Å². The van der Waals surface area contributed by atoms with E-state index >= 15 is 0 Å². The summed E-state index contributed by atoms with van der Waals surface area (Å²) in [5, 5.41) is 3.19. The molecule has 2 aromatic carbocycles. The average molecular weight is 594 g/mol. The second kappa shape index (κ2) is 11.8. The van der Waals surface area contributed by atoms with Crippen LogP contribution in [0.4, 0.5) is 5.69 Å². The molecule has 214 valence electrons. The molecular formula is C33H15N5O7. The topological polar surface area (TPSA) is 133 Å². The molecule has 20 radical (unpaired) electrons. The lowest BCUT2D eigenvalue weighted by Crippen LogP contribution is -2.46. The Balaban J connectivity index is 1.16. The number of ether oxygens (including phenoxy) is 2. The minimum Gasteiger partial charge on any atom is -0.490 e. The summed E-state index contributed by atoms with van der Waals surface area (Å²) < 4.78 is 11.8. The summed E-state index contributed by atoms with van der Waals surface area (Å²) in [6.07, 6.45) is 5.84. The van der Waals surface area contributed by atoms with Gasteiger partial charge in [-0.15, -0.1) is 0 Å². The van der Waals surface area contributed by atoms with Gasteiger partial charge in [-0.05, 0) is 48.4 Å². The Morgan fingerprint density at radius 3 is 2.11 bits per heavy atom. The van der Waals surface area contributed by atoms with Crippen LogP contribution in [0, 0.1) is 79.8 Å². The minimum atomic E-state index is -1.07. The second-order valence-corrected chi connectivity index (χ2v) is 9.38. The molecule has 1 aromatic heterocycles. The molecule has 45 heavy (non-hydrogen) atoms. The number of fused-ring (bicyclic) bond motifs is 1. The summed E-state index contributed by atoms with van der Waals surface area (Å²) in [6.45, 7) is 18.1. The Kier molecular flexibility index (Phi) is 7.92. The fourth-order valence-corrected chi connectivity index (χ4v) is 4.57. The van der Waals surface area contributed by atoms with E-state index in [1.54, 1.807) is 12.1 Å². The predicted molar refractivity (Wildman–Crippen MR) is 152 cm³/mol. The number of hydrogen-bond donors (Lipinski definition) is 0. The summed E-state index contributed by atoms with van der Waals surface area (Å²) in [7, 11) is 10.7. The van der Waals surface area contributed by atoms with Crippen LogP contribution in [0.3, 0.4) is 0 Å². The number of benzene rings is 2. The molecule has 0 saturated carbocycles. The number of aromatic nitrogens is 1. The third-order valence-corrected chi connectivity index (χ3v) is 6.72. The molecule has 12 heteroatoms. The number of carbonyl (C=O) groups is 4. The third kappa shape index (κ3) is 5.46. The summed E-state index contributed by atoms with van der Waals surface area (Å²) in [4.78, 5) is 64.5. The molecule has 0 atom stereocenters. The molecule has 2 fully saturated rings. The maximum atomic E-state index is 13.1. The SMILES string of the molecule is [CH2]Oc1cc(-c2cn([CH2])c(=O)cc2[CH2])cc(O[CH2])c1[C]N1[C][C]N(c2ccc3c(c2)C(=O)N([C]2[C][C]C(=O)[N]C2=O)C3=O)[C][C]1. The van der Waals surface area contributed by atoms with E-state index in [0.717, 1.165) is 0 Å². The van der Waals surface area contributed by atoms with Crippen molar-refractivity contribution in [3.8, 4) is 22.6 Å². The molecule has 0 bridgehead atoms. The van der Waals surface area contributed by atoms with Gasteiger partial charge in [0.15, 0.2) is 6.04 Å².